The van der Waals surface area contributed by atoms with Crippen molar-refractivity contribution in [3.8, 4) is 5.75 Å². The topological polar surface area (TPSA) is 96.2 Å². The van der Waals surface area contributed by atoms with Crippen molar-refractivity contribution in [3.05, 3.63) is 17.7 Å². The molecule has 1 aliphatic heterocycles. The van der Waals surface area contributed by atoms with Gasteiger partial charge in [0.05, 0.1) is 11.6 Å². The van der Waals surface area contributed by atoms with Crippen molar-refractivity contribution < 1.29 is 9.53 Å². The highest BCUT2D eigenvalue weighted by atomic mass is 16.5. The highest BCUT2D eigenvalue weighted by Crippen LogP contribution is 2.38. The second-order valence-corrected chi connectivity index (χ2v) is 5.17. The molecule has 1 aromatic carbocycles. The lowest BCUT2D eigenvalue weighted by Gasteiger charge is -2.29. The zero-order valence-electron chi connectivity index (χ0n) is 10.9. The molecule has 6 nitrogen and oxygen atoms in total. The highest BCUT2D eigenvalue weighted by Gasteiger charge is 2.28. The van der Waals surface area contributed by atoms with Crippen molar-refractivity contribution in [1.29, 1.82) is 0 Å². The van der Waals surface area contributed by atoms with Crippen molar-refractivity contribution >= 4 is 22.9 Å². The average molecular weight is 260 g/mol. The van der Waals surface area contributed by atoms with Crippen LogP contribution in [0.25, 0.3) is 11.0 Å². The van der Waals surface area contributed by atoms with Gasteiger partial charge in [0.15, 0.2) is 0 Å². The van der Waals surface area contributed by atoms with Gasteiger partial charge in [-0.15, -0.1) is 0 Å². The average Bonchev–Trinajstić information content (AvgIpc) is 2.68. The van der Waals surface area contributed by atoms with E-state index in [0.717, 1.165) is 5.52 Å². The number of hydrogen-bond acceptors (Lipinski definition) is 4. The van der Waals surface area contributed by atoms with E-state index in [4.69, 9.17) is 16.2 Å². The van der Waals surface area contributed by atoms with E-state index < -0.39 is 5.91 Å². The number of hydrogen-bond donors (Lipinski definition) is 2. The summed E-state index contributed by atoms with van der Waals surface area (Å²) in [4.78, 5) is 15.6. The van der Waals surface area contributed by atoms with Crippen molar-refractivity contribution in [2.75, 3.05) is 12.3 Å². The summed E-state index contributed by atoms with van der Waals surface area (Å²) in [7, 11) is 0. The maximum absolute atomic E-state index is 11.3. The van der Waals surface area contributed by atoms with Crippen LogP contribution in [-0.4, -0.2) is 22.1 Å². The number of primary amides is 1. The lowest BCUT2D eigenvalue weighted by atomic mass is 10.0. The second-order valence-electron chi connectivity index (χ2n) is 5.17. The third-order valence-corrected chi connectivity index (χ3v) is 3.57. The van der Waals surface area contributed by atoms with Crippen LogP contribution in [0.5, 0.6) is 5.75 Å². The molecular weight excluding hydrogens is 244 g/mol. The molecule has 0 aliphatic carbocycles. The first-order valence-corrected chi connectivity index (χ1v) is 6.23. The summed E-state index contributed by atoms with van der Waals surface area (Å²) in [6.45, 7) is 4.74. The normalized spacial score (nSPS) is 17.7. The zero-order chi connectivity index (χ0) is 13.7. The molecule has 100 valence electrons. The molecule has 19 heavy (non-hydrogen) atoms. The van der Waals surface area contributed by atoms with Gasteiger partial charge in [-0.1, -0.05) is 13.8 Å². The largest absolute Gasteiger partial charge is 0.489 e. The van der Waals surface area contributed by atoms with Crippen molar-refractivity contribution in [2.24, 2.45) is 11.7 Å². The van der Waals surface area contributed by atoms with Gasteiger partial charge < -0.3 is 20.8 Å². The summed E-state index contributed by atoms with van der Waals surface area (Å²) >= 11 is 0. The van der Waals surface area contributed by atoms with Crippen molar-refractivity contribution in [2.45, 2.75) is 19.9 Å². The molecule has 6 heteroatoms. The van der Waals surface area contributed by atoms with E-state index in [0.29, 0.717) is 35.3 Å². The minimum Gasteiger partial charge on any atom is -0.489 e. The molecule has 1 amide bonds. The SMILES string of the molecule is CC(C)[C@H]1COc2cc(C(N)=O)cc3nc(N)n1c23. The number of rotatable bonds is 2. The maximum Gasteiger partial charge on any atom is 0.248 e. The Hall–Kier alpha value is -2.24. The van der Waals surface area contributed by atoms with Crippen LogP contribution >= 0.6 is 0 Å². The van der Waals surface area contributed by atoms with Gasteiger partial charge in [0, 0.05) is 5.56 Å². The molecule has 0 spiro atoms. The number of imidazole rings is 1. The number of anilines is 1. The van der Waals surface area contributed by atoms with Gasteiger partial charge in [0.1, 0.15) is 17.9 Å². The first-order chi connectivity index (χ1) is 8.99. The third-order valence-electron chi connectivity index (χ3n) is 3.57. The molecule has 0 unspecified atom stereocenters. The number of aromatic nitrogens is 2. The number of nitrogens with zero attached hydrogens (tertiary/aromatic N) is 2. The number of ether oxygens (including phenoxy) is 1. The fourth-order valence-electron chi connectivity index (χ4n) is 2.54. The Morgan fingerprint density at radius 2 is 2.26 bits per heavy atom. The van der Waals surface area contributed by atoms with E-state index in [-0.39, 0.29) is 6.04 Å². The molecule has 1 aliphatic rings. The van der Waals surface area contributed by atoms with Gasteiger partial charge in [-0.2, -0.15) is 0 Å². The van der Waals surface area contributed by atoms with Crippen LogP contribution in [0.15, 0.2) is 12.1 Å². The number of nitrogen functional groups attached to an aromatic ring is 1. The minimum atomic E-state index is -0.499. The van der Waals surface area contributed by atoms with E-state index >= 15 is 0 Å². The number of nitrogens with two attached hydrogens (primary N) is 2. The molecule has 0 saturated carbocycles. The van der Waals surface area contributed by atoms with E-state index in [1.165, 1.54) is 0 Å². The van der Waals surface area contributed by atoms with Gasteiger partial charge in [-0.3, -0.25) is 4.79 Å². The number of carbonyl (C=O) groups is 1. The first-order valence-electron chi connectivity index (χ1n) is 6.23. The fraction of sp³-hybridized carbons (Fsp3) is 0.385. The summed E-state index contributed by atoms with van der Waals surface area (Å²) in [5.41, 5.74) is 13.2. The molecule has 3 rings (SSSR count). The molecule has 2 aromatic rings. The molecule has 0 bridgehead atoms. The van der Waals surface area contributed by atoms with Gasteiger partial charge in [0.25, 0.3) is 0 Å². The smallest absolute Gasteiger partial charge is 0.248 e. The van der Waals surface area contributed by atoms with E-state index in [2.05, 4.69) is 18.8 Å². The third kappa shape index (κ3) is 1.63. The molecular formula is C13H16N4O2. The highest BCUT2D eigenvalue weighted by molar-refractivity contribution is 5.99. The number of benzene rings is 1. The molecule has 0 radical (unpaired) electrons. The van der Waals surface area contributed by atoms with E-state index in [1.54, 1.807) is 12.1 Å². The minimum absolute atomic E-state index is 0.150. The molecule has 0 saturated heterocycles. The summed E-state index contributed by atoms with van der Waals surface area (Å²) in [5, 5.41) is 0. The quantitative estimate of drug-likeness (QED) is 0.850. The predicted octanol–water partition coefficient (Wildman–Crippen LogP) is 1.31. The Morgan fingerprint density at radius 3 is 2.89 bits per heavy atom. The molecule has 1 atom stereocenters. The van der Waals surface area contributed by atoms with Gasteiger partial charge in [-0.05, 0) is 18.1 Å². The van der Waals surface area contributed by atoms with Crippen LogP contribution < -0.4 is 16.2 Å². The Morgan fingerprint density at radius 1 is 1.53 bits per heavy atom. The predicted molar refractivity (Wildman–Crippen MR) is 72.0 cm³/mol. The van der Waals surface area contributed by atoms with Crippen LogP contribution in [0, 0.1) is 5.92 Å². The summed E-state index contributed by atoms with van der Waals surface area (Å²) in [6.07, 6.45) is 0. The van der Waals surface area contributed by atoms with Crippen LogP contribution in [0.3, 0.4) is 0 Å². The van der Waals surface area contributed by atoms with Crippen LogP contribution in [0.4, 0.5) is 5.95 Å². The maximum atomic E-state index is 11.3. The van der Waals surface area contributed by atoms with Crippen molar-refractivity contribution in [1.82, 2.24) is 9.55 Å². The molecule has 1 aromatic heterocycles. The molecule has 0 fully saturated rings. The molecule has 4 N–H and O–H groups in total. The Kier molecular flexibility index (Phi) is 2.41. The van der Waals surface area contributed by atoms with Crippen molar-refractivity contribution in [3.63, 3.8) is 0 Å². The summed E-state index contributed by atoms with van der Waals surface area (Å²) in [5.74, 6) is 0.941. The fourth-order valence-corrected chi connectivity index (χ4v) is 2.54. The van der Waals surface area contributed by atoms with Gasteiger partial charge in [-0.25, -0.2) is 4.98 Å². The Bertz CT molecular complexity index is 675. The number of carbonyl (C=O) groups excluding carboxylic acids is 1. The zero-order valence-corrected chi connectivity index (χ0v) is 10.9. The van der Waals surface area contributed by atoms with Crippen LogP contribution in [0.1, 0.15) is 30.2 Å². The van der Waals surface area contributed by atoms with Crippen LogP contribution in [-0.2, 0) is 0 Å². The number of amides is 1. The first kappa shape index (κ1) is 11.8. The Balaban J connectivity index is 2.30. The van der Waals surface area contributed by atoms with Gasteiger partial charge in [0.2, 0.25) is 11.9 Å². The monoisotopic (exact) mass is 260 g/mol. The lowest BCUT2D eigenvalue weighted by Crippen LogP contribution is -2.27. The van der Waals surface area contributed by atoms with E-state index in [9.17, 15) is 4.79 Å². The summed E-state index contributed by atoms with van der Waals surface area (Å²) < 4.78 is 7.74. The van der Waals surface area contributed by atoms with E-state index in [1.807, 2.05) is 4.57 Å². The van der Waals surface area contributed by atoms with Gasteiger partial charge >= 0.3 is 0 Å². The second kappa shape index (κ2) is 3.88. The Labute approximate surface area is 110 Å². The lowest BCUT2D eigenvalue weighted by molar-refractivity contribution is 0.0999. The standard InChI is InChI=1S/C13H16N4O2/c1-6(2)9-5-19-10-4-7(12(14)18)3-8-11(10)17(9)13(15)16-8/h3-4,6,9H,5H2,1-2H3,(H2,14,18)(H2,15,16)/t9-/m1/s1. The van der Waals surface area contributed by atoms with Crippen LogP contribution in [0.2, 0.25) is 0 Å². The molecule has 2 heterocycles. The summed E-state index contributed by atoms with van der Waals surface area (Å²) in [6, 6.07) is 3.45.